The summed E-state index contributed by atoms with van der Waals surface area (Å²) in [5.74, 6) is 0.944. The molecule has 0 bridgehead atoms. The van der Waals surface area contributed by atoms with Gasteiger partial charge in [0.1, 0.15) is 31.8 Å². The van der Waals surface area contributed by atoms with E-state index in [0.717, 1.165) is 0 Å². The van der Waals surface area contributed by atoms with E-state index in [2.05, 4.69) is 223 Å². The summed E-state index contributed by atoms with van der Waals surface area (Å²) in [4.78, 5) is 0. The Bertz CT molecular complexity index is 1690. The fraction of sp³-hybridized carbons (Fsp3) is 0.0256. The molecule has 51 heavy (non-hydrogen) atoms. The van der Waals surface area contributed by atoms with Gasteiger partial charge in [0.05, 0.1) is 15.8 Å². The van der Waals surface area contributed by atoms with Gasteiger partial charge in [-0.3, -0.25) is 20.6 Å². The smallest absolute Gasteiger partial charge is 0.335 e. The van der Waals surface area contributed by atoms with Crippen LogP contribution in [0.3, 0.4) is 0 Å². The van der Waals surface area contributed by atoms with Gasteiger partial charge >= 0.3 is 44.8 Å². The van der Waals surface area contributed by atoms with Crippen molar-refractivity contribution in [2.45, 2.75) is 6.42 Å². The van der Waals surface area contributed by atoms with Crippen LogP contribution in [0, 0.1) is 0 Å². The van der Waals surface area contributed by atoms with E-state index >= 15 is 0 Å². The van der Waals surface area contributed by atoms with Gasteiger partial charge in [0.25, 0.3) is 0 Å². The molecule has 2 aromatic heterocycles. The maximum Gasteiger partial charge on any atom is 1.00 e. The van der Waals surface area contributed by atoms with Gasteiger partial charge in [-0.1, -0.05) is 109 Å². The quantitative estimate of drug-likeness (QED) is 0.167. The number of rotatable bonds is 8. The monoisotopic (exact) mass is 1070 g/mol. The third-order valence-electron chi connectivity index (χ3n) is 7.41. The molecule has 0 aliphatic rings. The fourth-order valence-electron chi connectivity index (χ4n) is 5.24. The van der Waals surface area contributed by atoms with Crippen LogP contribution in [0.1, 0.15) is 11.6 Å². The molecule has 0 atom stereocenters. The molecule has 0 saturated carbocycles. The molecule has 0 N–H and O–H groups in total. The predicted molar refractivity (Wildman–Crippen MR) is 202 cm³/mol. The Morgan fingerprint density at radius 1 is 0.333 bits per heavy atom. The molecule has 0 spiro atoms. The summed E-state index contributed by atoms with van der Waals surface area (Å²) in [7, 11) is -1.75. The second kappa shape index (κ2) is 21.9. The van der Waals surface area contributed by atoms with E-state index in [1.807, 2.05) is 0 Å². The van der Waals surface area contributed by atoms with Crippen molar-refractivity contribution in [3.63, 3.8) is 0 Å². The third kappa shape index (κ3) is 11.9. The van der Waals surface area contributed by atoms with Crippen molar-refractivity contribution in [3.05, 3.63) is 194 Å². The number of tetrazole rings is 2. The van der Waals surface area contributed by atoms with Crippen LogP contribution in [0.25, 0.3) is 0 Å². The standard InChI is InChI=1S/2C18H15P.C3H2N8.2Au/c2*1-4-10-16(11-5-1)19(17-12-6-2-7-13-17)18-14-8-3-9-15-18;1(2-4-8-9-5-2)3-6-10-11-7-3;;/h2*1-15H;1H2;;/q;;-2;2*+1/p+2. The number of hydrogen-bond donors (Lipinski definition) is 0. The van der Waals surface area contributed by atoms with E-state index in [1.54, 1.807) is 0 Å². The Labute approximate surface area is 331 Å². The zero-order chi connectivity index (χ0) is 33.4. The van der Waals surface area contributed by atoms with E-state index in [4.69, 9.17) is 0 Å². The first kappa shape index (κ1) is 39.6. The number of aromatic nitrogens is 8. The van der Waals surface area contributed by atoms with Crippen LogP contribution in [0.15, 0.2) is 182 Å². The summed E-state index contributed by atoms with van der Waals surface area (Å²) < 4.78 is 0. The zero-order valence-electron chi connectivity index (χ0n) is 27.2. The Morgan fingerprint density at radius 2 is 0.549 bits per heavy atom. The largest absolute Gasteiger partial charge is 1.00 e. The second-order valence-electron chi connectivity index (χ2n) is 10.7. The first-order chi connectivity index (χ1) is 24.3. The van der Waals surface area contributed by atoms with E-state index in [9.17, 15) is 0 Å². The molecule has 0 unspecified atom stereocenters. The molecular weight excluding hydrogens is 1040 g/mol. The van der Waals surface area contributed by atoms with Gasteiger partial charge in [-0.25, -0.2) is 0 Å². The molecule has 0 saturated heterocycles. The van der Waals surface area contributed by atoms with Gasteiger partial charge in [0.15, 0.2) is 0 Å². The topological polar surface area (TPSA) is 106 Å². The van der Waals surface area contributed by atoms with Crippen molar-refractivity contribution in [1.82, 2.24) is 41.2 Å². The molecule has 0 aliphatic heterocycles. The van der Waals surface area contributed by atoms with Crippen molar-refractivity contribution in [1.29, 1.82) is 0 Å². The van der Waals surface area contributed by atoms with Crippen molar-refractivity contribution in [3.8, 4) is 0 Å². The van der Waals surface area contributed by atoms with Crippen LogP contribution in [0.5, 0.6) is 0 Å². The average Bonchev–Trinajstić information content (AvgIpc) is 3.91. The van der Waals surface area contributed by atoms with Gasteiger partial charge < -0.3 is 10.2 Å². The number of nitrogens with zero attached hydrogens (tertiary/aromatic N) is 8. The molecule has 0 aliphatic carbocycles. The normalized spacial score (nSPS) is 10.1. The van der Waals surface area contributed by atoms with E-state index in [-0.39, 0.29) is 44.8 Å². The molecule has 8 rings (SSSR count). The summed E-state index contributed by atoms with van der Waals surface area (Å²) in [6.45, 7) is 0. The van der Waals surface area contributed by atoms with Crippen LogP contribution in [0.2, 0.25) is 0 Å². The van der Waals surface area contributed by atoms with Crippen molar-refractivity contribution in [2.75, 3.05) is 0 Å². The van der Waals surface area contributed by atoms with Gasteiger partial charge in [-0.2, -0.15) is 10.4 Å². The third-order valence-corrected chi connectivity index (χ3v) is 12.9. The van der Waals surface area contributed by atoms with Gasteiger partial charge in [0.2, 0.25) is 0 Å². The summed E-state index contributed by atoms with van der Waals surface area (Å²) in [6.07, 6.45) is 0.375. The Hall–Kier alpha value is -4.20. The summed E-state index contributed by atoms with van der Waals surface area (Å²) in [5, 5.41) is 36.1. The summed E-state index contributed by atoms with van der Waals surface area (Å²) in [6, 6.07) is 65.0. The van der Waals surface area contributed by atoms with Crippen molar-refractivity contribution in [2.24, 2.45) is 0 Å². The maximum absolute atomic E-state index is 3.58. The van der Waals surface area contributed by atoms with Crippen LogP contribution < -0.4 is 42.0 Å². The van der Waals surface area contributed by atoms with Gasteiger partial charge in [-0.15, -0.1) is 0 Å². The second-order valence-corrected chi connectivity index (χ2v) is 15.7. The minimum absolute atomic E-state index is 0. The number of benzene rings is 6. The molecule has 8 nitrogen and oxygen atoms in total. The summed E-state index contributed by atoms with van der Waals surface area (Å²) >= 11 is 0. The number of hydrogen-bond acceptors (Lipinski definition) is 6. The Balaban J connectivity index is 0.000000174. The molecule has 0 amide bonds. The Kier molecular flexibility index (Phi) is 17.0. The summed E-state index contributed by atoms with van der Waals surface area (Å²) in [5.41, 5.74) is 0. The predicted octanol–water partition coefficient (Wildman–Crippen LogP) is 3.91. The van der Waals surface area contributed by atoms with Crippen molar-refractivity contribution >= 4 is 47.7 Å². The zero-order valence-corrected chi connectivity index (χ0v) is 33.5. The minimum Gasteiger partial charge on any atom is -0.335 e. The Morgan fingerprint density at radius 3 is 0.725 bits per heavy atom. The fourth-order valence-corrected chi connectivity index (χ4v) is 10.4. The minimum atomic E-state index is -0.877. The average molecular weight is 1070 g/mol. The van der Waals surface area contributed by atoms with Crippen LogP contribution in [-0.2, 0) is 51.2 Å². The van der Waals surface area contributed by atoms with E-state index < -0.39 is 15.8 Å². The van der Waals surface area contributed by atoms with E-state index in [1.165, 1.54) is 31.8 Å². The molecule has 2 heterocycles. The molecule has 0 fully saturated rings. The van der Waals surface area contributed by atoms with Crippen LogP contribution >= 0.6 is 15.8 Å². The SMILES string of the molecule is C(c1nnn[n-]1)c1nnn[n-]1.[Au+].[Au+].c1ccc([PH+](c2ccccc2)c2ccccc2)cc1.c1ccc([PH+](c2ccccc2)c2ccccc2)cc1. The molecule has 12 heteroatoms. The first-order valence-corrected chi connectivity index (χ1v) is 18.8. The van der Waals surface area contributed by atoms with Crippen molar-refractivity contribution < 1.29 is 44.8 Å². The van der Waals surface area contributed by atoms with E-state index in [0.29, 0.717) is 18.1 Å². The van der Waals surface area contributed by atoms with Crippen LogP contribution in [-0.4, -0.2) is 31.1 Å². The first-order valence-electron chi connectivity index (χ1n) is 15.8. The molecule has 260 valence electrons. The molecule has 6 aromatic carbocycles. The maximum atomic E-state index is 3.58. The molecule has 0 radical (unpaired) electrons. The van der Waals surface area contributed by atoms with Crippen LogP contribution in [0.4, 0.5) is 0 Å². The van der Waals surface area contributed by atoms with Gasteiger partial charge in [0, 0.05) is 18.1 Å². The van der Waals surface area contributed by atoms with Gasteiger partial charge in [-0.05, 0) is 72.8 Å². The molecule has 8 aromatic rings. The molecular formula is C39H34Au2N8P2+2.